The van der Waals surface area contributed by atoms with Crippen LogP contribution in [0.15, 0.2) is 43.0 Å². The fraction of sp³-hybridized carbons (Fsp3) is 0.385. The second kappa shape index (κ2) is 5.61. The second-order valence-electron chi connectivity index (χ2n) is 3.79. The molecular formula is C13H18O. The van der Waals surface area contributed by atoms with Crippen LogP contribution in [0.4, 0.5) is 0 Å². The first-order valence-corrected chi connectivity index (χ1v) is 5.07. The van der Waals surface area contributed by atoms with Gasteiger partial charge < -0.3 is 5.11 Å². The molecule has 0 bridgehead atoms. The summed E-state index contributed by atoms with van der Waals surface area (Å²) in [4.78, 5) is 0. The molecule has 0 unspecified atom stereocenters. The summed E-state index contributed by atoms with van der Waals surface area (Å²) in [7, 11) is 0. The van der Waals surface area contributed by atoms with E-state index in [9.17, 15) is 5.11 Å². The summed E-state index contributed by atoms with van der Waals surface area (Å²) in [6.07, 6.45) is 3.15. The summed E-state index contributed by atoms with van der Waals surface area (Å²) in [6.45, 7) is 5.78. The predicted octanol–water partition coefficient (Wildman–Crippen LogP) is 2.80. The lowest BCUT2D eigenvalue weighted by atomic mass is 9.99. The van der Waals surface area contributed by atoms with Gasteiger partial charge in [-0.1, -0.05) is 43.3 Å². The molecule has 0 saturated carbocycles. The van der Waals surface area contributed by atoms with E-state index < -0.39 is 0 Å². The SMILES string of the molecule is C=C[C@H](C)C[C@H](O)Cc1ccccc1. The minimum absolute atomic E-state index is 0.259. The summed E-state index contributed by atoms with van der Waals surface area (Å²) in [5.74, 6) is 0.383. The Morgan fingerprint density at radius 1 is 1.36 bits per heavy atom. The van der Waals surface area contributed by atoms with Crippen molar-refractivity contribution < 1.29 is 5.11 Å². The Labute approximate surface area is 86.1 Å². The molecule has 0 aliphatic rings. The Kier molecular flexibility index (Phi) is 4.41. The van der Waals surface area contributed by atoms with Gasteiger partial charge >= 0.3 is 0 Å². The highest BCUT2D eigenvalue weighted by Crippen LogP contribution is 2.11. The first kappa shape index (κ1) is 11.0. The van der Waals surface area contributed by atoms with Gasteiger partial charge in [-0.2, -0.15) is 0 Å². The molecule has 0 aliphatic heterocycles. The highest BCUT2D eigenvalue weighted by atomic mass is 16.3. The molecule has 0 heterocycles. The van der Waals surface area contributed by atoms with Crippen LogP contribution in [0.1, 0.15) is 18.9 Å². The highest BCUT2D eigenvalue weighted by Gasteiger charge is 2.08. The van der Waals surface area contributed by atoms with Crippen LogP contribution in [0.3, 0.4) is 0 Å². The van der Waals surface area contributed by atoms with E-state index >= 15 is 0 Å². The lowest BCUT2D eigenvalue weighted by Crippen LogP contribution is -2.13. The Bertz CT molecular complexity index is 266. The molecular weight excluding hydrogens is 172 g/mol. The van der Waals surface area contributed by atoms with Gasteiger partial charge in [0.25, 0.3) is 0 Å². The minimum Gasteiger partial charge on any atom is -0.393 e. The molecule has 1 aromatic rings. The summed E-state index contributed by atoms with van der Waals surface area (Å²) in [5.41, 5.74) is 1.19. The van der Waals surface area contributed by atoms with E-state index in [1.54, 1.807) is 0 Å². The van der Waals surface area contributed by atoms with E-state index in [0.717, 1.165) is 12.8 Å². The fourth-order valence-electron chi connectivity index (χ4n) is 1.49. The number of aliphatic hydroxyl groups is 1. The standard InChI is InChI=1S/C13H18O/c1-3-11(2)9-13(14)10-12-7-5-4-6-8-12/h3-8,11,13-14H,1,9-10H2,2H3/t11-,13-/m0/s1. The number of aliphatic hydroxyl groups excluding tert-OH is 1. The minimum atomic E-state index is -0.259. The van der Waals surface area contributed by atoms with Gasteiger partial charge in [-0.3, -0.25) is 0 Å². The Balaban J connectivity index is 2.41. The zero-order chi connectivity index (χ0) is 10.4. The number of rotatable bonds is 5. The Morgan fingerprint density at radius 3 is 2.57 bits per heavy atom. The normalized spacial score (nSPS) is 14.7. The summed E-state index contributed by atoms with van der Waals surface area (Å²) >= 11 is 0. The summed E-state index contributed by atoms with van der Waals surface area (Å²) in [5, 5.41) is 9.76. The van der Waals surface area contributed by atoms with Crippen molar-refractivity contribution in [2.24, 2.45) is 5.92 Å². The molecule has 0 fully saturated rings. The van der Waals surface area contributed by atoms with Crippen LogP contribution >= 0.6 is 0 Å². The first-order valence-electron chi connectivity index (χ1n) is 5.07. The van der Waals surface area contributed by atoms with E-state index in [-0.39, 0.29) is 6.10 Å². The molecule has 2 atom stereocenters. The highest BCUT2D eigenvalue weighted by molar-refractivity contribution is 5.15. The van der Waals surface area contributed by atoms with E-state index in [1.165, 1.54) is 5.56 Å². The molecule has 0 aromatic heterocycles. The molecule has 1 aromatic carbocycles. The lowest BCUT2D eigenvalue weighted by molar-refractivity contribution is 0.153. The maximum atomic E-state index is 9.76. The van der Waals surface area contributed by atoms with Crippen LogP contribution in [-0.4, -0.2) is 11.2 Å². The fourth-order valence-corrected chi connectivity index (χ4v) is 1.49. The van der Waals surface area contributed by atoms with Crippen molar-refractivity contribution in [3.63, 3.8) is 0 Å². The molecule has 0 radical (unpaired) electrons. The van der Waals surface area contributed by atoms with Gasteiger partial charge in [-0.25, -0.2) is 0 Å². The van der Waals surface area contributed by atoms with Crippen LogP contribution < -0.4 is 0 Å². The topological polar surface area (TPSA) is 20.2 Å². The lowest BCUT2D eigenvalue weighted by Gasteiger charge is -2.13. The Morgan fingerprint density at radius 2 is 2.00 bits per heavy atom. The van der Waals surface area contributed by atoms with Gasteiger partial charge in [0, 0.05) is 0 Å². The molecule has 0 spiro atoms. The largest absolute Gasteiger partial charge is 0.393 e. The van der Waals surface area contributed by atoms with E-state index in [1.807, 2.05) is 36.4 Å². The maximum absolute atomic E-state index is 9.76. The zero-order valence-electron chi connectivity index (χ0n) is 8.69. The molecule has 1 N–H and O–H groups in total. The smallest absolute Gasteiger partial charge is 0.0586 e. The monoisotopic (exact) mass is 190 g/mol. The third-order valence-corrected chi connectivity index (χ3v) is 2.36. The van der Waals surface area contributed by atoms with Crippen molar-refractivity contribution in [3.8, 4) is 0 Å². The second-order valence-corrected chi connectivity index (χ2v) is 3.79. The van der Waals surface area contributed by atoms with Crippen LogP contribution in [0.2, 0.25) is 0 Å². The maximum Gasteiger partial charge on any atom is 0.0586 e. The van der Waals surface area contributed by atoms with E-state index in [2.05, 4.69) is 13.5 Å². The average Bonchev–Trinajstić information content (AvgIpc) is 2.19. The van der Waals surface area contributed by atoms with E-state index in [0.29, 0.717) is 5.92 Å². The Hall–Kier alpha value is -1.08. The van der Waals surface area contributed by atoms with Gasteiger partial charge in [0.15, 0.2) is 0 Å². The van der Waals surface area contributed by atoms with Crippen LogP contribution in [-0.2, 0) is 6.42 Å². The van der Waals surface area contributed by atoms with Crippen molar-refractivity contribution in [1.82, 2.24) is 0 Å². The van der Waals surface area contributed by atoms with Gasteiger partial charge in [0.2, 0.25) is 0 Å². The van der Waals surface area contributed by atoms with E-state index in [4.69, 9.17) is 0 Å². The molecule has 76 valence electrons. The quantitative estimate of drug-likeness (QED) is 0.708. The first-order chi connectivity index (χ1) is 6.72. The number of benzene rings is 1. The third kappa shape index (κ3) is 3.75. The molecule has 0 aliphatic carbocycles. The number of hydrogen-bond acceptors (Lipinski definition) is 1. The van der Waals surface area contributed by atoms with Crippen molar-refractivity contribution in [1.29, 1.82) is 0 Å². The summed E-state index contributed by atoms with van der Waals surface area (Å²) < 4.78 is 0. The summed E-state index contributed by atoms with van der Waals surface area (Å²) in [6, 6.07) is 10.1. The van der Waals surface area contributed by atoms with Crippen LogP contribution in [0.25, 0.3) is 0 Å². The van der Waals surface area contributed by atoms with Gasteiger partial charge in [-0.15, -0.1) is 6.58 Å². The van der Waals surface area contributed by atoms with Crippen LogP contribution in [0, 0.1) is 5.92 Å². The molecule has 1 nitrogen and oxygen atoms in total. The van der Waals surface area contributed by atoms with Crippen molar-refractivity contribution in [2.75, 3.05) is 0 Å². The van der Waals surface area contributed by atoms with Crippen molar-refractivity contribution in [2.45, 2.75) is 25.9 Å². The van der Waals surface area contributed by atoms with Crippen molar-refractivity contribution >= 4 is 0 Å². The molecule has 1 heteroatoms. The van der Waals surface area contributed by atoms with Gasteiger partial charge in [0.1, 0.15) is 0 Å². The molecule has 0 saturated heterocycles. The molecule has 0 amide bonds. The van der Waals surface area contributed by atoms with Crippen LogP contribution in [0.5, 0.6) is 0 Å². The van der Waals surface area contributed by atoms with Gasteiger partial charge in [0.05, 0.1) is 6.10 Å². The number of hydrogen-bond donors (Lipinski definition) is 1. The van der Waals surface area contributed by atoms with Gasteiger partial charge in [-0.05, 0) is 24.3 Å². The molecule has 14 heavy (non-hydrogen) atoms. The third-order valence-electron chi connectivity index (χ3n) is 2.36. The zero-order valence-corrected chi connectivity index (χ0v) is 8.69. The van der Waals surface area contributed by atoms with Crippen molar-refractivity contribution in [3.05, 3.63) is 48.6 Å². The number of allylic oxidation sites excluding steroid dienone is 1. The molecule has 1 rings (SSSR count). The predicted molar refractivity (Wildman–Crippen MR) is 60.1 cm³/mol. The average molecular weight is 190 g/mol.